The van der Waals surface area contributed by atoms with Crippen molar-refractivity contribution in [3.63, 3.8) is 0 Å². The number of aliphatic hydroxyl groups is 1. The molecule has 0 aliphatic rings. The quantitative estimate of drug-likeness (QED) is 0.150. The Hall–Kier alpha value is -2.09. The molecule has 0 radical (unpaired) electrons. The molecule has 0 aliphatic carbocycles. The Balaban J connectivity index is 1.51. The summed E-state index contributed by atoms with van der Waals surface area (Å²) in [5.74, 6) is 1.56. The van der Waals surface area contributed by atoms with Crippen LogP contribution < -0.4 is 10.5 Å². The number of nitrogens with two attached hydrogens (primary N) is 1. The highest BCUT2D eigenvalue weighted by atomic mass is 35.5. The predicted octanol–water partition coefficient (Wildman–Crippen LogP) is 6.16. The van der Waals surface area contributed by atoms with Gasteiger partial charge in [0.15, 0.2) is 0 Å². The Morgan fingerprint density at radius 1 is 1.00 bits per heavy atom. The average Bonchev–Trinajstić information content (AvgIpc) is 2.86. The van der Waals surface area contributed by atoms with E-state index in [2.05, 4.69) is 0 Å². The van der Waals surface area contributed by atoms with Crippen molar-refractivity contribution < 1.29 is 24.2 Å². The van der Waals surface area contributed by atoms with Crippen molar-refractivity contribution in [1.29, 1.82) is 0 Å². The molecular weight excluding hydrogens is 517 g/mol. The molecule has 0 aliphatic heterocycles. The van der Waals surface area contributed by atoms with E-state index in [1.807, 2.05) is 72.8 Å². The number of aliphatic hydroxyl groups excluding tert-OH is 1. The molecule has 5 N–H and O–H groups in total. The van der Waals surface area contributed by atoms with Gasteiger partial charge in [-0.2, -0.15) is 0 Å². The zero-order valence-electron chi connectivity index (χ0n) is 19.8. The van der Waals surface area contributed by atoms with Crippen molar-refractivity contribution in [3.05, 3.63) is 101 Å². The van der Waals surface area contributed by atoms with Crippen LogP contribution in [-0.2, 0) is 17.6 Å². The zero-order valence-corrected chi connectivity index (χ0v) is 22.3. The molecule has 0 saturated carbocycles. The van der Waals surface area contributed by atoms with Gasteiger partial charge in [-0.1, -0.05) is 78.3 Å². The fourth-order valence-corrected chi connectivity index (χ4v) is 5.27. The SMILES string of the molecule is NC(/C=C/P(=O)(O)O)(CO)CCCCc1ccc(Sc2cccc(OCc3ccccc3)c2)cc1Cl. The Kier molecular flexibility index (Phi) is 10.6. The van der Waals surface area contributed by atoms with E-state index in [4.69, 9.17) is 31.9 Å². The van der Waals surface area contributed by atoms with Crippen LogP contribution in [0.3, 0.4) is 0 Å². The van der Waals surface area contributed by atoms with Crippen LogP contribution in [0, 0.1) is 0 Å². The summed E-state index contributed by atoms with van der Waals surface area (Å²) in [5.41, 5.74) is 7.01. The van der Waals surface area contributed by atoms with E-state index < -0.39 is 19.7 Å². The Labute approximate surface area is 221 Å². The van der Waals surface area contributed by atoms with Gasteiger partial charge in [0.05, 0.1) is 12.1 Å². The van der Waals surface area contributed by atoms with Gasteiger partial charge < -0.3 is 25.4 Å². The van der Waals surface area contributed by atoms with Crippen LogP contribution in [0.5, 0.6) is 5.75 Å². The number of rotatable bonds is 13. The Bertz CT molecular complexity index is 1200. The van der Waals surface area contributed by atoms with Crippen LogP contribution >= 0.6 is 31.0 Å². The maximum Gasteiger partial charge on any atom is 0.348 e. The number of hydrogen-bond donors (Lipinski definition) is 4. The Morgan fingerprint density at radius 3 is 2.44 bits per heavy atom. The monoisotopic (exact) mass is 547 g/mol. The van der Waals surface area contributed by atoms with Gasteiger partial charge in [0.25, 0.3) is 0 Å². The highest BCUT2D eigenvalue weighted by Crippen LogP contribution is 2.37. The van der Waals surface area contributed by atoms with Gasteiger partial charge >= 0.3 is 7.60 Å². The van der Waals surface area contributed by atoms with E-state index >= 15 is 0 Å². The first-order valence-electron chi connectivity index (χ1n) is 11.5. The summed E-state index contributed by atoms with van der Waals surface area (Å²) in [6.07, 6.45) is 3.78. The predicted molar refractivity (Wildman–Crippen MR) is 146 cm³/mol. The van der Waals surface area contributed by atoms with Crippen molar-refractivity contribution in [2.75, 3.05) is 6.61 Å². The van der Waals surface area contributed by atoms with Crippen LogP contribution in [0.4, 0.5) is 0 Å². The molecule has 3 aromatic rings. The van der Waals surface area contributed by atoms with E-state index in [9.17, 15) is 9.67 Å². The normalized spacial score (nSPS) is 13.6. The van der Waals surface area contributed by atoms with Gasteiger partial charge in [0, 0.05) is 20.6 Å². The third-order valence-electron chi connectivity index (χ3n) is 5.55. The van der Waals surface area contributed by atoms with Crippen molar-refractivity contribution in [3.8, 4) is 5.75 Å². The van der Waals surface area contributed by atoms with Gasteiger partial charge in [0.1, 0.15) is 12.4 Å². The van der Waals surface area contributed by atoms with Crippen molar-refractivity contribution >= 4 is 31.0 Å². The van der Waals surface area contributed by atoms with Gasteiger partial charge in [-0.15, -0.1) is 0 Å². The second-order valence-electron chi connectivity index (χ2n) is 8.61. The van der Waals surface area contributed by atoms with Crippen LogP contribution in [0.25, 0.3) is 0 Å². The molecule has 1 unspecified atom stereocenters. The van der Waals surface area contributed by atoms with Crippen LogP contribution in [0.15, 0.2) is 94.5 Å². The second-order valence-corrected chi connectivity index (χ2v) is 11.6. The molecule has 192 valence electrons. The highest BCUT2D eigenvalue weighted by molar-refractivity contribution is 7.99. The number of ether oxygens (including phenoxy) is 1. The minimum absolute atomic E-state index is 0.394. The number of halogens is 1. The van der Waals surface area contributed by atoms with Crippen LogP contribution in [-0.4, -0.2) is 27.0 Å². The van der Waals surface area contributed by atoms with Crippen LogP contribution in [0.2, 0.25) is 5.02 Å². The zero-order chi connectivity index (χ0) is 26.0. The summed E-state index contributed by atoms with van der Waals surface area (Å²) in [6, 6.07) is 24.0. The maximum atomic E-state index is 11.0. The van der Waals surface area contributed by atoms with Crippen molar-refractivity contribution in [2.24, 2.45) is 5.73 Å². The minimum Gasteiger partial charge on any atom is -0.489 e. The summed E-state index contributed by atoms with van der Waals surface area (Å²) in [5, 5.41) is 10.2. The maximum absolute atomic E-state index is 11.0. The lowest BCUT2D eigenvalue weighted by molar-refractivity contribution is 0.216. The smallest absolute Gasteiger partial charge is 0.348 e. The molecular formula is C27H31ClNO5PS. The minimum atomic E-state index is -4.32. The average molecular weight is 548 g/mol. The topological polar surface area (TPSA) is 113 Å². The summed E-state index contributed by atoms with van der Waals surface area (Å²) < 4.78 is 17.0. The molecule has 0 amide bonds. The molecule has 6 nitrogen and oxygen atoms in total. The molecule has 0 saturated heterocycles. The molecule has 3 aromatic carbocycles. The number of benzene rings is 3. The fraction of sp³-hybridized carbons (Fsp3) is 0.259. The summed E-state index contributed by atoms with van der Waals surface area (Å²) in [6.45, 7) is 0.119. The molecule has 0 aromatic heterocycles. The first kappa shape index (κ1) is 28.5. The van der Waals surface area contributed by atoms with E-state index in [-0.39, 0.29) is 0 Å². The lowest BCUT2D eigenvalue weighted by Crippen LogP contribution is -2.41. The molecule has 3 rings (SSSR count). The molecule has 0 spiro atoms. The van der Waals surface area contributed by atoms with Gasteiger partial charge in [-0.25, -0.2) is 0 Å². The third kappa shape index (κ3) is 9.75. The Morgan fingerprint density at radius 2 is 1.75 bits per heavy atom. The largest absolute Gasteiger partial charge is 0.489 e. The molecule has 0 heterocycles. The van der Waals surface area contributed by atoms with E-state index in [0.717, 1.165) is 45.3 Å². The van der Waals surface area contributed by atoms with Gasteiger partial charge in [-0.05, 0) is 60.7 Å². The van der Waals surface area contributed by atoms with Crippen molar-refractivity contribution in [1.82, 2.24) is 0 Å². The first-order valence-corrected chi connectivity index (χ1v) is 14.4. The van der Waals surface area contributed by atoms with Gasteiger partial charge in [0.2, 0.25) is 0 Å². The molecule has 9 heteroatoms. The molecule has 36 heavy (non-hydrogen) atoms. The van der Waals surface area contributed by atoms with Crippen LogP contribution in [0.1, 0.15) is 30.4 Å². The molecule has 1 atom stereocenters. The molecule has 0 fully saturated rings. The lowest BCUT2D eigenvalue weighted by Gasteiger charge is -2.23. The fourth-order valence-electron chi connectivity index (χ4n) is 3.53. The van der Waals surface area contributed by atoms with E-state index in [1.165, 1.54) is 6.08 Å². The lowest BCUT2D eigenvalue weighted by atomic mass is 9.93. The summed E-state index contributed by atoms with van der Waals surface area (Å²) in [7, 11) is -4.32. The molecule has 0 bridgehead atoms. The van der Waals surface area contributed by atoms with Crippen molar-refractivity contribution in [2.45, 2.75) is 47.6 Å². The highest BCUT2D eigenvalue weighted by Gasteiger charge is 2.22. The van der Waals surface area contributed by atoms with E-state index in [0.29, 0.717) is 24.5 Å². The standard InChI is InChI=1S/C27H31ClNO5PS/c28-26-18-25(36-24-11-6-10-23(17-24)34-19-21-7-2-1-3-8-21)13-12-22(26)9-4-5-14-27(29,20-30)15-16-35(31,32)33/h1-3,6-8,10-13,15-18,30H,4-5,9,14,19-20,29H2,(H2,31,32,33)/b16-15+. The summed E-state index contributed by atoms with van der Waals surface area (Å²) >= 11 is 8.15. The second kappa shape index (κ2) is 13.5. The van der Waals surface area contributed by atoms with Gasteiger partial charge in [-0.3, -0.25) is 4.57 Å². The van der Waals surface area contributed by atoms with E-state index in [1.54, 1.807) is 11.8 Å². The summed E-state index contributed by atoms with van der Waals surface area (Å²) in [4.78, 5) is 20.0. The number of unbranched alkanes of at least 4 members (excludes halogenated alkanes) is 1. The first-order chi connectivity index (χ1) is 17.2. The number of hydrogen-bond acceptors (Lipinski definition) is 5. The third-order valence-corrected chi connectivity index (χ3v) is 7.42. The number of aryl methyl sites for hydroxylation is 1.